The van der Waals surface area contributed by atoms with Crippen LogP contribution in [0.25, 0.3) is 6.08 Å². The molecular formula is C30H34N2O8S. The number of benzene rings is 2. The first-order valence-corrected chi connectivity index (χ1v) is 13.8. The SMILES string of the molecule is COCCOC(=O)C1=C(C)N=c2s/c(=C/c3cc(OC)c(OC)c(OC)c3)c(=O)n2[C@@H]1c1ccccc1OC(C)C. The molecule has 10 nitrogen and oxygen atoms in total. The molecule has 1 atom stereocenters. The second kappa shape index (κ2) is 13.0. The largest absolute Gasteiger partial charge is 0.493 e. The molecule has 0 radical (unpaired) electrons. The lowest BCUT2D eigenvalue weighted by Gasteiger charge is -2.27. The zero-order valence-electron chi connectivity index (χ0n) is 24.2. The molecule has 11 heteroatoms. The summed E-state index contributed by atoms with van der Waals surface area (Å²) in [7, 11) is 6.11. The van der Waals surface area contributed by atoms with Gasteiger partial charge in [-0.15, -0.1) is 0 Å². The Morgan fingerprint density at radius 1 is 1.02 bits per heavy atom. The first kappa shape index (κ1) is 29.9. The fourth-order valence-electron chi connectivity index (χ4n) is 4.58. The summed E-state index contributed by atoms with van der Waals surface area (Å²) in [5.74, 6) is 1.35. The number of esters is 1. The number of carbonyl (C=O) groups is 1. The van der Waals surface area contributed by atoms with Crippen LogP contribution in [0.15, 0.2) is 57.5 Å². The third-order valence-corrected chi connectivity index (χ3v) is 7.31. The first-order valence-electron chi connectivity index (χ1n) is 13.0. The number of allylic oxidation sites excluding steroid dienone is 1. The number of ether oxygens (including phenoxy) is 6. The van der Waals surface area contributed by atoms with Crippen molar-refractivity contribution in [3.8, 4) is 23.0 Å². The van der Waals surface area contributed by atoms with Gasteiger partial charge >= 0.3 is 5.97 Å². The molecule has 218 valence electrons. The van der Waals surface area contributed by atoms with Crippen LogP contribution < -0.4 is 33.8 Å². The Balaban J connectivity index is 1.94. The highest BCUT2D eigenvalue weighted by atomic mass is 32.1. The first-order chi connectivity index (χ1) is 19.7. The summed E-state index contributed by atoms with van der Waals surface area (Å²) in [6.45, 7) is 5.88. The fraction of sp³-hybridized carbons (Fsp3) is 0.367. The van der Waals surface area contributed by atoms with Crippen molar-refractivity contribution >= 4 is 23.4 Å². The summed E-state index contributed by atoms with van der Waals surface area (Å²) in [6, 6.07) is 10.1. The van der Waals surface area contributed by atoms with E-state index in [0.29, 0.717) is 49.2 Å². The third-order valence-electron chi connectivity index (χ3n) is 6.32. The number of para-hydroxylation sites is 1. The topological polar surface area (TPSA) is 107 Å². The molecule has 1 aliphatic heterocycles. The van der Waals surface area contributed by atoms with Gasteiger partial charge in [0.05, 0.1) is 49.8 Å². The van der Waals surface area contributed by atoms with Gasteiger partial charge in [0.15, 0.2) is 16.3 Å². The predicted molar refractivity (Wildman–Crippen MR) is 155 cm³/mol. The summed E-state index contributed by atoms with van der Waals surface area (Å²) >= 11 is 1.22. The predicted octanol–water partition coefficient (Wildman–Crippen LogP) is 3.24. The fourth-order valence-corrected chi connectivity index (χ4v) is 5.62. The lowest BCUT2D eigenvalue weighted by atomic mass is 9.95. The second-order valence-electron chi connectivity index (χ2n) is 9.37. The van der Waals surface area contributed by atoms with E-state index < -0.39 is 12.0 Å². The molecule has 2 aromatic carbocycles. The lowest BCUT2D eigenvalue weighted by molar-refractivity contribution is -0.140. The summed E-state index contributed by atoms with van der Waals surface area (Å²) in [4.78, 5) is 32.6. The van der Waals surface area contributed by atoms with E-state index in [-0.39, 0.29) is 30.5 Å². The maximum absolute atomic E-state index is 14.1. The molecule has 0 spiro atoms. The molecule has 3 aromatic rings. The van der Waals surface area contributed by atoms with E-state index in [1.54, 1.807) is 25.1 Å². The quantitative estimate of drug-likeness (QED) is 0.251. The van der Waals surface area contributed by atoms with Crippen LogP contribution in [-0.4, -0.2) is 58.3 Å². The smallest absolute Gasteiger partial charge is 0.338 e. The van der Waals surface area contributed by atoms with E-state index in [1.807, 2.05) is 38.1 Å². The van der Waals surface area contributed by atoms with E-state index in [2.05, 4.69) is 4.99 Å². The molecule has 1 aliphatic rings. The molecule has 1 aromatic heterocycles. The van der Waals surface area contributed by atoms with Crippen molar-refractivity contribution in [2.45, 2.75) is 32.9 Å². The second-order valence-corrected chi connectivity index (χ2v) is 10.4. The summed E-state index contributed by atoms with van der Waals surface area (Å²) < 4.78 is 35.0. The van der Waals surface area contributed by atoms with Gasteiger partial charge < -0.3 is 28.4 Å². The zero-order chi connectivity index (χ0) is 29.7. The number of fused-ring (bicyclic) bond motifs is 1. The zero-order valence-corrected chi connectivity index (χ0v) is 25.0. The number of thiazole rings is 1. The van der Waals surface area contributed by atoms with Crippen molar-refractivity contribution in [3.63, 3.8) is 0 Å². The van der Waals surface area contributed by atoms with Gasteiger partial charge in [-0.25, -0.2) is 9.79 Å². The highest BCUT2D eigenvalue weighted by Gasteiger charge is 2.35. The Kier molecular flexibility index (Phi) is 9.51. The molecule has 0 N–H and O–H groups in total. The summed E-state index contributed by atoms with van der Waals surface area (Å²) in [5, 5.41) is 0. The van der Waals surface area contributed by atoms with Gasteiger partial charge in [-0.3, -0.25) is 9.36 Å². The molecule has 2 heterocycles. The Bertz CT molecular complexity index is 1610. The van der Waals surface area contributed by atoms with E-state index in [9.17, 15) is 9.59 Å². The standard InChI is InChI=1S/C30H34N2O8S/c1-17(2)40-21-11-9-8-10-20(21)26-25(29(34)39-13-12-35-4)18(3)31-30-32(26)28(33)24(41-30)16-19-14-22(36-5)27(38-7)23(15-19)37-6/h8-11,14-17,26H,12-13H2,1-7H3/b24-16+/t26-/m1/s1. The van der Waals surface area contributed by atoms with Crippen LogP contribution in [0.2, 0.25) is 0 Å². The Labute approximate surface area is 242 Å². The number of methoxy groups -OCH3 is 4. The molecule has 4 rings (SSSR count). The minimum atomic E-state index is -0.821. The summed E-state index contributed by atoms with van der Waals surface area (Å²) in [5.41, 5.74) is 1.71. The average Bonchev–Trinajstić information content (AvgIpc) is 3.25. The average molecular weight is 583 g/mol. The molecule has 0 unspecified atom stereocenters. The van der Waals surface area contributed by atoms with Crippen LogP contribution in [0.4, 0.5) is 0 Å². The Morgan fingerprint density at radius 3 is 2.32 bits per heavy atom. The van der Waals surface area contributed by atoms with Crippen molar-refractivity contribution in [1.29, 1.82) is 0 Å². The minimum absolute atomic E-state index is 0.0640. The Morgan fingerprint density at radius 2 is 1.71 bits per heavy atom. The van der Waals surface area contributed by atoms with E-state index in [4.69, 9.17) is 28.4 Å². The van der Waals surface area contributed by atoms with Crippen molar-refractivity contribution in [2.24, 2.45) is 4.99 Å². The van der Waals surface area contributed by atoms with Crippen molar-refractivity contribution in [3.05, 3.63) is 78.5 Å². The maximum atomic E-state index is 14.1. The van der Waals surface area contributed by atoms with Crippen LogP contribution in [0.5, 0.6) is 23.0 Å². The van der Waals surface area contributed by atoms with Gasteiger partial charge in [-0.1, -0.05) is 29.5 Å². The summed E-state index contributed by atoms with van der Waals surface area (Å²) in [6.07, 6.45) is 1.60. The van der Waals surface area contributed by atoms with Gasteiger partial charge in [0.25, 0.3) is 5.56 Å². The number of rotatable bonds is 11. The van der Waals surface area contributed by atoms with Crippen LogP contribution in [0, 0.1) is 0 Å². The number of aromatic nitrogens is 1. The van der Waals surface area contributed by atoms with E-state index in [1.165, 1.54) is 44.3 Å². The van der Waals surface area contributed by atoms with E-state index >= 15 is 0 Å². The molecule has 0 amide bonds. The number of hydrogen-bond donors (Lipinski definition) is 0. The van der Waals surface area contributed by atoms with Crippen molar-refractivity contribution in [2.75, 3.05) is 41.7 Å². The lowest BCUT2D eigenvalue weighted by Crippen LogP contribution is -2.40. The van der Waals surface area contributed by atoms with Crippen molar-refractivity contribution in [1.82, 2.24) is 4.57 Å². The molecule has 0 aliphatic carbocycles. The molecule has 0 fully saturated rings. The number of hydrogen-bond acceptors (Lipinski definition) is 10. The number of nitrogens with zero attached hydrogens (tertiary/aromatic N) is 2. The minimum Gasteiger partial charge on any atom is -0.493 e. The van der Waals surface area contributed by atoms with Crippen LogP contribution in [0.1, 0.15) is 37.9 Å². The van der Waals surface area contributed by atoms with Gasteiger partial charge in [0.2, 0.25) is 5.75 Å². The van der Waals surface area contributed by atoms with Crippen LogP contribution in [-0.2, 0) is 14.3 Å². The normalized spacial score (nSPS) is 14.9. The van der Waals surface area contributed by atoms with Crippen molar-refractivity contribution < 1.29 is 33.2 Å². The highest BCUT2D eigenvalue weighted by molar-refractivity contribution is 7.07. The van der Waals surface area contributed by atoms with Crippen LogP contribution in [0.3, 0.4) is 0 Å². The maximum Gasteiger partial charge on any atom is 0.338 e. The third kappa shape index (κ3) is 6.15. The molecular weight excluding hydrogens is 548 g/mol. The molecule has 0 bridgehead atoms. The van der Waals surface area contributed by atoms with Gasteiger partial charge in [0, 0.05) is 12.7 Å². The monoisotopic (exact) mass is 582 g/mol. The molecule has 0 saturated heterocycles. The van der Waals surface area contributed by atoms with Gasteiger partial charge in [-0.2, -0.15) is 0 Å². The highest BCUT2D eigenvalue weighted by Crippen LogP contribution is 2.39. The van der Waals surface area contributed by atoms with Gasteiger partial charge in [0.1, 0.15) is 18.4 Å². The molecule has 41 heavy (non-hydrogen) atoms. The van der Waals surface area contributed by atoms with Crippen LogP contribution >= 0.6 is 11.3 Å². The number of carbonyl (C=O) groups excluding carboxylic acids is 1. The van der Waals surface area contributed by atoms with Gasteiger partial charge in [-0.05, 0) is 50.6 Å². The van der Waals surface area contributed by atoms with E-state index in [0.717, 1.165) is 0 Å². The Hall–Kier alpha value is -4.09. The molecule has 0 saturated carbocycles.